The Kier molecular flexibility index (Phi) is 4.91. The average Bonchev–Trinajstić information content (AvgIpc) is 2.45. The average molecular weight is 270 g/mol. The third-order valence-electron chi connectivity index (χ3n) is 3.10. The molecule has 0 unspecified atom stereocenters. The first-order valence-corrected chi connectivity index (χ1v) is 6.60. The molecule has 0 bridgehead atoms. The van der Waals surface area contributed by atoms with Gasteiger partial charge in [0, 0.05) is 0 Å². The summed E-state index contributed by atoms with van der Waals surface area (Å²) >= 11 is 0. The van der Waals surface area contributed by atoms with Crippen molar-refractivity contribution >= 4 is 5.97 Å². The van der Waals surface area contributed by atoms with E-state index in [0.29, 0.717) is 6.61 Å². The molecule has 0 amide bonds. The van der Waals surface area contributed by atoms with Gasteiger partial charge in [-0.25, -0.2) is 4.79 Å². The first kappa shape index (κ1) is 14.3. The number of hydrogen-bond acceptors (Lipinski definition) is 2. The van der Waals surface area contributed by atoms with Crippen LogP contribution in [0.4, 0.5) is 0 Å². The third-order valence-corrected chi connectivity index (χ3v) is 3.10. The molecule has 20 heavy (non-hydrogen) atoms. The van der Waals surface area contributed by atoms with Crippen LogP contribution in [0.5, 0.6) is 0 Å². The van der Waals surface area contributed by atoms with Gasteiger partial charge in [0.2, 0.25) is 0 Å². The number of carboxylic acid groups (broad SMARTS) is 1. The normalized spacial score (nSPS) is 10.4. The lowest BCUT2D eigenvalue weighted by Gasteiger charge is -2.05. The minimum atomic E-state index is -0.931. The maximum Gasteiger partial charge on any atom is 0.329 e. The molecular weight excluding hydrogens is 252 g/mol. The molecule has 2 rings (SSSR count). The Morgan fingerprint density at radius 2 is 1.55 bits per heavy atom. The number of aryl methyl sites for hydroxylation is 1. The van der Waals surface area contributed by atoms with Crippen molar-refractivity contribution in [3.63, 3.8) is 0 Å². The zero-order valence-electron chi connectivity index (χ0n) is 11.5. The summed E-state index contributed by atoms with van der Waals surface area (Å²) in [6.45, 7) is 2.27. The zero-order chi connectivity index (χ0) is 14.4. The Bertz CT molecular complexity index is 556. The van der Waals surface area contributed by atoms with E-state index in [2.05, 4.69) is 55.5 Å². The lowest BCUT2D eigenvalue weighted by atomic mass is 10.0. The van der Waals surface area contributed by atoms with Gasteiger partial charge in [-0.2, -0.15) is 0 Å². The molecule has 3 nitrogen and oxygen atoms in total. The standard InChI is InChI=1S/C17H18O3/c1-13-2-6-15(7-3-13)16-8-4-14(5-9-16)10-11-20-12-17(18)19/h2-9H,10-12H2,1H3,(H,18,19). The van der Waals surface area contributed by atoms with Crippen molar-refractivity contribution < 1.29 is 14.6 Å². The SMILES string of the molecule is Cc1ccc(-c2ccc(CCOCC(=O)O)cc2)cc1. The first-order valence-electron chi connectivity index (χ1n) is 6.60. The fourth-order valence-electron chi connectivity index (χ4n) is 1.96. The van der Waals surface area contributed by atoms with Crippen LogP contribution in [0.3, 0.4) is 0 Å². The topological polar surface area (TPSA) is 46.5 Å². The van der Waals surface area contributed by atoms with Crippen molar-refractivity contribution in [2.24, 2.45) is 0 Å². The van der Waals surface area contributed by atoms with Gasteiger partial charge in [-0.15, -0.1) is 0 Å². The van der Waals surface area contributed by atoms with Crippen LogP contribution in [0.15, 0.2) is 48.5 Å². The van der Waals surface area contributed by atoms with Gasteiger partial charge in [-0.05, 0) is 30.0 Å². The minimum Gasteiger partial charge on any atom is -0.480 e. The van der Waals surface area contributed by atoms with Gasteiger partial charge in [-0.3, -0.25) is 0 Å². The second kappa shape index (κ2) is 6.87. The van der Waals surface area contributed by atoms with Gasteiger partial charge in [0.15, 0.2) is 0 Å². The van der Waals surface area contributed by atoms with Crippen LogP contribution in [0.2, 0.25) is 0 Å². The molecule has 0 atom stereocenters. The molecule has 0 saturated heterocycles. The van der Waals surface area contributed by atoms with E-state index >= 15 is 0 Å². The smallest absolute Gasteiger partial charge is 0.329 e. The third kappa shape index (κ3) is 4.21. The van der Waals surface area contributed by atoms with Crippen molar-refractivity contribution in [3.8, 4) is 11.1 Å². The predicted octanol–water partition coefficient (Wildman–Crippen LogP) is 3.31. The van der Waals surface area contributed by atoms with E-state index in [0.717, 1.165) is 12.0 Å². The zero-order valence-corrected chi connectivity index (χ0v) is 11.5. The van der Waals surface area contributed by atoms with Gasteiger partial charge in [0.25, 0.3) is 0 Å². The highest BCUT2D eigenvalue weighted by Crippen LogP contribution is 2.20. The molecule has 1 N–H and O–H groups in total. The summed E-state index contributed by atoms with van der Waals surface area (Å²) < 4.78 is 5.03. The van der Waals surface area contributed by atoms with Crippen molar-refractivity contribution in [2.75, 3.05) is 13.2 Å². The van der Waals surface area contributed by atoms with E-state index < -0.39 is 5.97 Å². The van der Waals surface area contributed by atoms with Crippen molar-refractivity contribution in [1.29, 1.82) is 0 Å². The molecule has 0 saturated carbocycles. The summed E-state index contributed by atoms with van der Waals surface area (Å²) in [5, 5.41) is 8.47. The number of carboxylic acids is 1. The fourth-order valence-corrected chi connectivity index (χ4v) is 1.96. The van der Waals surface area contributed by atoms with Crippen LogP contribution >= 0.6 is 0 Å². The maximum absolute atomic E-state index is 10.3. The second-order valence-electron chi connectivity index (χ2n) is 4.76. The molecule has 0 spiro atoms. The highest BCUT2D eigenvalue weighted by molar-refractivity contribution is 5.68. The van der Waals surface area contributed by atoms with Gasteiger partial charge in [0.05, 0.1) is 6.61 Å². The molecule has 2 aromatic rings. The summed E-state index contributed by atoms with van der Waals surface area (Å²) in [6, 6.07) is 16.7. The Hall–Kier alpha value is -2.13. The molecule has 0 aliphatic heterocycles. The summed E-state index contributed by atoms with van der Waals surface area (Å²) in [7, 11) is 0. The molecule has 3 heteroatoms. The van der Waals surface area contributed by atoms with Crippen LogP contribution < -0.4 is 0 Å². The van der Waals surface area contributed by atoms with E-state index in [9.17, 15) is 4.79 Å². The number of benzene rings is 2. The molecule has 0 aliphatic rings. The predicted molar refractivity (Wildman–Crippen MR) is 78.8 cm³/mol. The Labute approximate surface area is 118 Å². The fraction of sp³-hybridized carbons (Fsp3) is 0.235. The summed E-state index contributed by atoms with van der Waals surface area (Å²) in [5.41, 5.74) is 4.77. The number of hydrogen-bond donors (Lipinski definition) is 1. The molecule has 0 aliphatic carbocycles. The molecule has 104 valence electrons. The maximum atomic E-state index is 10.3. The Morgan fingerprint density at radius 1 is 1.00 bits per heavy atom. The summed E-state index contributed by atoms with van der Waals surface area (Å²) in [5.74, 6) is -0.931. The van der Waals surface area contributed by atoms with Crippen LogP contribution in [0, 0.1) is 6.92 Å². The lowest BCUT2D eigenvalue weighted by Crippen LogP contribution is -2.08. The first-order chi connectivity index (χ1) is 9.65. The highest BCUT2D eigenvalue weighted by Gasteiger charge is 2.00. The lowest BCUT2D eigenvalue weighted by molar-refractivity contribution is -0.142. The number of rotatable bonds is 6. The minimum absolute atomic E-state index is 0.235. The molecular formula is C17H18O3. The van der Waals surface area contributed by atoms with E-state index in [-0.39, 0.29) is 6.61 Å². The van der Waals surface area contributed by atoms with Crippen LogP contribution in [-0.2, 0) is 16.0 Å². The van der Waals surface area contributed by atoms with Crippen LogP contribution in [0.1, 0.15) is 11.1 Å². The molecule has 0 heterocycles. The van der Waals surface area contributed by atoms with Gasteiger partial charge < -0.3 is 9.84 Å². The summed E-state index contributed by atoms with van der Waals surface area (Å²) in [6.07, 6.45) is 0.724. The Morgan fingerprint density at radius 3 is 2.10 bits per heavy atom. The van der Waals surface area contributed by atoms with Gasteiger partial charge in [0.1, 0.15) is 6.61 Å². The van der Waals surface area contributed by atoms with Gasteiger partial charge in [-0.1, -0.05) is 54.1 Å². The number of carbonyl (C=O) groups is 1. The molecule has 2 aromatic carbocycles. The van der Waals surface area contributed by atoms with E-state index in [1.165, 1.54) is 16.7 Å². The van der Waals surface area contributed by atoms with Crippen molar-refractivity contribution in [3.05, 3.63) is 59.7 Å². The largest absolute Gasteiger partial charge is 0.480 e. The van der Waals surface area contributed by atoms with E-state index in [1.54, 1.807) is 0 Å². The van der Waals surface area contributed by atoms with Crippen LogP contribution in [-0.4, -0.2) is 24.3 Å². The van der Waals surface area contributed by atoms with Gasteiger partial charge >= 0.3 is 5.97 Å². The van der Waals surface area contributed by atoms with Crippen LogP contribution in [0.25, 0.3) is 11.1 Å². The number of aliphatic carboxylic acids is 1. The molecule has 0 fully saturated rings. The quantitative estimate of drug-likeness (QED) is 0.819. The summed E-state index contributed by atoms with van der Waals surface area (Å²) in [4.78, 5) is 10.3. The second-order valence-corrected chi connectivity index (χ2v) is 4.76. The molecule has 0 radical (unpaired) electrons. The van der Waals surface area contributed by atoms with Crippen molar-refractivity contribution in [1.82, 2.24) is 0 Å². The number of ether oxygens (including phenoxy) is 1. The van der Waals surface area contributed by atoms with Crippen molar-refractivity contribution in [2.45, 2.75) is 13.3 Å². The molecule has 0 aromatic heterocycles. The highest BCUT2D eigenvalue weighted by atomic mass is 16.5. The Balaban J connectivity index is 1.92. The van der Waals surface area contributed by atoms with E-state index in [4.69, 9.17) is 9.84 Å². The van der Waals surface area contributed by atoms with E-state index in [1.807, 2.05) is 0 Å². The monoisotopic (exact) mass is 270 g/mol.